The molecule has 2 N–H and O–H groups in total. The fraction of sp³-hybridized carbons (Fsp3) is 0.120. The van der Waals surface area contributed by atoms with Crippen LogP contribution in [0.4, 0.5) is 0 Å². The number of hydrogen-bond donors (Lipinski definition) is 2. The van der Waals surface area contributed by atoms with Crippen molar-refractivity contribution in [2.45, 2.75) is 19.0 Å². The largest absolute Gasteiger partial charge is 0.272 e. The van der Waals surface area contributed by atoms with Crippen molar-refractivity contribution in [1.29, 1.82) is 0 Å². The maximum Gasteiger partial charge on any atom is 0.269 e. The van der Waals surface area contributed by atoms with Gasteiger partial charge in [0.05, 0.1) is 22.3 Å². The summed E-state index contributed by atoms with van der Waals surface area (Å²) in [5, 5.41) is 0.897. The zero-order valence-corrected chi connectivity index (χ0v) is 19.0. The highest BCUT2D eigenvalue weighted by molar-refractivity contribution is 7.99. The topological polar surface area (TPSA) is 93.1 Å². The van der Waals surface area contributed by atoms with Crippen LogP contribution >= 0.6 is 11.8 Å². The average molecular weight is 459 g/mol. The average Bonchev–Trinajstić information content (AvgIpc) is 2.81. The van der Waals surface area contributed by atoms with E-state index in [1.54, 1.807) is 48.5 Å². The van der Waals surface area contributed by atoms with E-state index in [4.69, 9.17) is 0 Å². The van der Waals surface area contributed by atoms with E-state index >= 15 is 0 Å². The third-order valence-corrected chi connectivity index (χ3v) is 5.83. The van der Waals surface area contributed by atoms with E-state index in [0.29, 0.717) is 27.3 Å². The van der Waals surface area contributed by atoms with Gasteiger partial charge in [-0.25, -0.2) is 4.98 Å². The molecule has 0 atom stereocenters. The number of hydrogen-bond acceptors (Lipinski definition) is 5. The van der Waals surface area contributed by atoms with E-state index < -0.39 is 11.8 Å². The standard InChI is InChI=1S/C25H22N4O3S/c1-16-12-17(2)14-19(13-16)29-24(32)20-10-6-7-11-21(20)26-25(29)33-15-22(30)27-28-23(31)18-8-4-3-5-9-18/h3-14H,15H2,1-2H3,(H,27,30)(H,28,31). The summed E-state index contributed by atoms with van der Waals surface area (Å²) in [4.78, 5) is 42.5. The lowest BCUT2D eigenvalue weighted by Gasteiger charge is -2.14. The molecule has 0 saturated heterocycles. The predicted molar refractivity (Wildman–Crippen MR) is 130 cm³/mol. The molecule has 4 aromatic rings. The number of benzene rings is 3. The molecule has 0 bridgehead atoms. The first-order chi connectivity index (χ1) is 15.9. The van der Waals surface area contributed by atoms with Crippen molar-refractivity contribution < 1.29 is 9.59 Å². The maximum absolute atomic E-state index is 13.3. The smallest absolute Gasteiger partial charge is 0.269 e. The van der Waals surface area contributed by atoms with E-state index in [1.165, 1.54) is 4.57 Å². The van der Waals surface area contributed by atoms with Crippen LogP contribution in [0.15, 0.2) is 82.7 Å². The minimum atomic E-state index is -0.418. The number of amides is 2. The van der Waals surface area contributed by atoms with Crippen LogP contribution in [0.1, 0.15) is 21.5 Å². The van der Waals surface area contributed by atoms with Crippen molar-refractivity contribution in [1.82, 2.24) is 20.4 Å². The Morgan fingerprint density at radius 1 is 0.909 bits per heavy atom. The lowest BCUT2D eigenvalue weighted by molar-refractivity contribution is -0.119. The summed E-state index contributed by atoms with van der Waals surface area (Å²) in [7, 11) is 0. The number of hydrazine groups is 1. The van der Waals surface area contributed by atoms with Crippen molar-refractivity contribution in [3.05, 3.63) is 99.8 Å². The zero-order valence-electron chi connectivity index (χ0n) is 18.2. The summed E-state index contributed by atoms with van der Waals surface area (Å²) < 4.78 is 1.53. The molecule has 33 heavy (non-hydrogen) atoms. The highest BCUT2D eigenvalue weighted by Crippen LogP contribution is 2.22. The van der Waals surface area contributed by atoms with Crippen LogP contribution in [0, 0.1) is 13.8 Å². The van der Waals surface area contributed by atoms with Crippen molar-refractivity contribution in [2.75, 3.05) is 5.75 Å². The van der Waals surface area contributed by atoms with Gasteiger partial charge in [-0.2, -0.15) is 0 Å². The Balaban J connectivity index is 1.58. The number of carbonyl (C=O) groups excluding carboxylic acids is 2. The Morgan fingerprint density at radius 3 is 2.30 bits per heavy atom. The number of thioether (sulfide) groups is 1. The van der Waals surface area contributed by atoms with Gasteiger partial charge in [0.1, 0.15) is 0 Å². The second kappa shape index (κ2) is 9.70. The van der Waals surface area contributed by atoms with Gasteiger partial charge in [0, 0.05) is 5.56 Å². The van der Waals surface area contributed by atoms with Crippen LogP contribution in [0.25, 0.3) is 16.6 Å². The van der Waals surface area contributed by atoms with Gasteiger partial charge in [0.25, 0.3) is 11.5 Å². The van der Waals surface area contributed by atoms with Crippen molar-refractivity contribution >= 4 is 34.5 Å². The van der Waals surface area contributed by atoms with Crippen LogP contribution in [-0.4, -0.2) is 27.1 Å². The maximum atomic E-state index is 13.3. The van der Waals surface area contributed by atoms with Crippen LogP contribution < -0.4 is 16.4 Å². The van der Waals surface area contributed by atoms with Gasteiger partial charge in [0.15, 0.2) is 5.16 Å². The second-order valence-electron chi connectivity index (χ2n) is 7.56. The first kappa shape index (κ1) is 22.3. The Morgan fingerprint density at radius 2 is 1.58 bits per heavy atom. The summed E-state index contributed by atoms with van der Waals surface area (Å²) in [6, 6.07) is 21.6. The third-order valence-electron chi connectivity index (χ3n) is 4.89. The van der Waals surface area contributed by atoms with E-state index in [1.807, 2.05) is 38.1 Å². The Labute approximate surface area is 194 Å². The molecule has 166 valence electrons. The molecule has 0 aliphatic carbocycles. The lowest BCUT2D eigenvalue weighted by atomic mass is 10.1. The fourth-order valence-corrected chi connectivity index (χ4v) is 4.28. The first-order valence-corrected chi connectivity index (χ1v) is 11.3. The molecule has 0 radical (unpaired) electrons. The van der Waals surface area contributed by atoms with Crippen LogP contribution in [-0.2, 0) is 4.79 Å². The monoisotopic (exact) mass is 458 g/mol. The molecule has 0 aliphatic heterocycles. The summed E-state index contributed by atoms with van der Waals surface area (Å²) in [5.41, 5.74) is 8.32. The van der Waals surface area contributed by atoms with Crippen LogP contribution in [0.2, 0.25) is 0 Å². The fourth-order valence-electron chi connectivity index (χ4n) is 3.47. The minimum absolute atomic E-state index is 0.0371. The summed E-state index contributed by atoms with van der Waals surface area (Å²) in [6.07, 6.45) is 0. The Hall–Kier alpha value is -3.91. The molecule has 8 heteroatoms. The van der Waals surface area contributed by atoms with E-state index in [-0.39, 0.29) is 11.3 Å². The van der Waals surface area contributed by atoms with Crippen LogP contribution in [0.3, 0.4) is 0 Å². The second-order valence-corrected chi connectivity index (χ2v) is 8.50. The highest BCUT2D eigenvalue weighted by Gasteiger charge is 2.16. The number of aryl methyl sites for hydroxylation is 2. The molecule has 1 heterocycles. The van der Waals surface area contributed by atoms with Crippen molar-refractivity contribution in [2.24, 2.45) is 0 Å². The Kier molecular flexibility index (Phi) is 6.55. The molecule has 0 unspecified atom stereocenters. The number of nitrogens with one attached hydrogen (secondary N) is 2. The molecule has 1 aromatic heterocycles. The van der Waals surface area contributed by atoms with Gasteiger partial charge in [-0.3, -0.25) is 29.8 Å². The molecule has 0 fully saturated rings. The summed E-state index contributed by atoms with van der Waals surface area (Å²) in [5.74, 6) is -0.867. The summed E-state index contributed by atoms with van der Waals surface area (Å²) >= 11 is 1.13. The van der Waals surface area contributed by atoms with Gasteiger partial charge in [-0.15, -0.1) is 0 Å². The number of fused-ring (bicyclic) bond motifs is 1. The molecular formula is C25H22N4O3S. The SMILES string of the molecule is Cc1cc(C)cc(-n2c(SCC(=O)NNC(=O)c3ccccc3)nc3ccccc3c2=O)c1. The molecular weight excluding hydrogens is 436 g/mol. The van der Waals surface area contributed by atoms with E-state index in [0.717, 1.165) is 22.9 Å². The summed E-state index contributed by atoms with van der Waals surface area (Å²) in [6.45, 7) is 3.93. The molecule has 3 aromatic carbocycles. The number of aromatic nitrogens is 2. The van der Waals surface area contributed by atoms with Gasteiger partial charge < -0.3 is 0 Å². The van der Waals surface area contributed by atoms with Gasteiger partial charge in [-0.1, -0.05) is 48.2 Å². The Bertz CT molecular complexity index is 1380. The van der Waals surface area contributed by atoms with Gasteiger partial charge >= 0.3 is 0 Å². The number of rotatable bonds is 5. The zero-order chi connectivity index (χ0) is 23.4. The first-order valence-electron chi connectivity index (χ1n) is 10.3. The molecule has 0 saturated carbocycles. The van der Waals surface area contributed by atoms with Gasteiger partial charge in [0.2, 0.25) is 5.91 Å². The number of nitrogens with zero attached hydrogens (tertiary/aromatic N) is 2. The third kappa shape index (κ3) is 5.12. The van der Waals surface area contributed by atoms with Gasteiger partial charge in [-0.05, 0) is 61.4 Å². The molecule has 2 amide bonds. The van der Waals surface area contributed by atoms with E-state index in [9.17, 15) is 14.4 Å². The normalized spacial score (nSPS) is 10.7. The molecule has 7 nitrogen and oxygen atoms in total. The minimum Gasteiger partial charge on any atom is -0.272 e. The van der Waals surface area contributed by atoms with Crippen LogP contribution in [0.5, 0.6) is 0 Å². The highest BCUT2D eigenvalue weighted by atomic mass is 32.2. The number of para-hydroxylation sites is 1. The predicted octanol–water partition coefficient (Wildman–Crippen LogP) is 3.56. The molecule has 0 spiro atoms. The quantitative estimate of drug-likeness (QED) is 0.271. The number of carbonyl (C=O) groups is 2. The molecule has 4 rings (SSSR count). The molecule has 0 aliphatic rings. The van der Waals surface area contributed by atoms with Crippen molar-refractivity contribution in [3.63, 3.8) is 0 Å². The van der Waals surface area contributed by atoms with E-state index in [2.05, 4.69) is 15.8 Å². The lowest BCUT2D eigenvalue weighted by Crippen LogP contribution is -2.42. The van der Waals surface area contributed by atoms with Crippen molar-refractivity contribution in [3.8, 4) is 5.69 Å².